The lowest BCUT2D eigenvalue weighted by molar-refractivity contribution is 0.237. The number of nitrogens with zero attached hydrogens (tertiary/aromatic N) is 2. The number of pyridine rings is 1. The molecule has 0 aromatic carbocycles. The van der Waals surface area contributed by atoms with Crippen molar-refractivity contribution in [3.05, 3.63) is 23.9 Å². The Balaban J connectivity index is 2.58. The average molecular weight is 221 g/mol. The topological polar surface area (TPSA) is 28.2 Å². The fraction of sp³-hybridized carbons (Fsp3) is 0.615. The zero-order valence-electron chi connectivity index (χ0n) is 10.8. The molecule has 1 aromatic heterocycles. The molecule has 0 saturated carbocycles. The van der Waals surface area contributed by atoms with Crippen molar-refractivity contribution in [3.8, 4) is 0 Å². The van der Waals surface area contributed by atoms with Gasteiger partial charge in [0.1, 0.15) is 5.82 Å². The summed E-state index contributed by atoms with van der Waals surface area (Å²) < 4.78 is 0. The van der Waals surface area contributed by atoms with E-state index < -0.39 is 0 Å². The van der Waals surface area contributed by atoms with E-state index in [1.54, 1.807) is 0 Å². The molecule has 1 atom stereocenters. The van der Waals surface area contributed by atoms with Gasteiger partial charge in [0.25, 0.3) is 0 Å². The zero-order valence-corrected chi connectivity index (χ0v) is 10.8. The van der Waals surface area contributed by atoms with Crippen LogP contribution in [0.3, 0.4) is 0 Å². The van der Waals surface area contributed by atoms with Crippen LogP contribution in [0.2, 0.25) is 0 Å². The van der Waals surface area contributed by atoms with Crippen LogP contribution in [-0.4, -0.2) is 30.0 Å². The Bertz CT molecular complexity index is 312. The van der Waals surface area contributed by atoms with Crippen LogP contribution in [-0.2, 0) is 6.54 Å². The first kappa shape index (κ1) is 13.0. The lowest BCUT2D eigenvalue weighted by Gasteiger charge is -2.24. The quantitative estimate of drug-likeness (QED) is 0.800. The van der Waals surface area contributed by atoms with Gasteiger partial charge in [-0.3, -0.25) is 4.90 Å². The van der Waals surface area contributed by atoms with Crippen molar-refractivity contribution in [3.63, 3.8) is 0 Å². The van der Waals surface area contributed by atoms with Gasteiger partial charge in [-0.2, -0.15) is 0 Å². The van der Waals surface area contributed by atoms with Gasteiger partial charge in [-0.1, -0.05) is 13.3 Å². The monoisotopic (exact) mass is 221 g/mol. The molecular weight excluding hydrogens is 198 g/mol. The van der Waals surface area contributed by atoms with Gasteiger partial charge in [0, 0.05) is 25.8 Å². The van der Waals surface area contributed by atoms with Gasteiger partial charge >= 0.3 is 0 Å². The number of aromatic nitrogens is 1. The van der Waals surface area contributed by atoms with Crippen LogP contribution in [0.5, 0.6) is 0 Å². The molecule has 3 heteroatoms. The largest absolute Gasteiger partial charge is 0.373 e. The Morgan fingerprint density at radius 2 is 2.25 bits per heavy atom. The summed E-state index contributed by atoms with van der Waals surface area (Å²) in [7, 11) is 4.08. The van der Waals surface area contributed by atoms with Gasteiger partial charge in [-0.05, 0) is 38.1 Å². The van der Waals surface area contributed by atoms with Crippen molar-refractivity contribution >= 4 is 5.82 Å². The molecule has 16 heavy (non-hydrogen) atoms. The summed E-state index contributed by atoms with van der Waals surface area (Å²) >= 11 is 0. The maximum absolute atomic E-state index is 4.22. The summed E-state index contributed by atoms with van der Waals surface area (Å²) in [4.78, 5) is 6.60. The second-order valence-electron chi connectivity index (χ2n) is 4.35. The van der Waals surface area contributed by atoms with Crippen LogP contribution in [0.1, 0.15) is 32.3 Å². The Morgan fingerprint density at radius 3 is 2.88 bits per heavy atom. The molecule has 0 spiro atoms. The molecule has 0 aliphatic heterocycles. The van der Waals surface area contributed by atoms with E-state index >= 15 is 0 Å². The Labute approximate surface area is 98.9 Å². The number of hydrogen-bond acceptors (Lipinski definition) is 3. The molecule has 1 rings (SSSR count). The second kappa shape index (κ2) is 6.48. The van der Waals surface area contributed by atoms with Gasteiger partial charge < -0.3 is 5.32 Å². The molecule has 0 fully saturated rings. The highest BCUT2D eigenvalue weighted by Gasteiger charge is 2.08. The standard InChI is InChI=1S/C13H23N3/c1-5-6-11(2)16(4)10-12-7-8-15-13(9-12)14-3/h7-9,11H,5-6,10H2,1-4H3,(H,14,15). The first-order chi connectivity index (χ1) is 7.67. The van der Waals surface area contributed by atoms with Gasteiger partial charge in [0.05, 0.1) is 0 Å². The molecule has 0 saturated heterocycles. The molecule has 3 nitrogen and oxygen atoms in total. The normalized spacial score (nSPS) is 12.8. The molecule has 0 radical (unpaired) electrons. The Kier molecular flexibility index (Phi) is 5.26. The highest BCUT2D eigenvalue weighted by molar-refractivity contribution is 5.36. The smallest absolute Gasteiger partial charge is 0.125 e. The molecule has 90 valence electrons. The van der Waals surface area contributed by atoms with E-state index in [9.17, 15) is 0 Å². The highest BCUT2D eigenvalue weighted by atomic mass is 15.1. The van der Waals surface area contributed by atoms with Crippen molar-refractivity contribution in [1.29, 1.82) is 0 Å². The predicted molar refractivity (Wildman–Crippen MR) is 69.6 cm³/mol. The number of nitrogens with one attached hydrogen (secondary N) is 1. The van der Waals surface area contributed by atoms with Crippen molar-refractivity contribution in [2.45, 2.75) is 39.3 Å². The van der Waals surface area contributed by atoms with E-state index in [1.807, 2.05) is 13.2 Å². The lowest BCUT2D eigenvalue weighted by atomic mass is 10.1. The van der Waals surface area contributed by atoms with E-state index in [0.29, 0.717) is 6.04 Å². The lowest BCUT2D eigenvalue weighted by Crippen LogP contribution is -2.28. The van der Waals surface area contributed by atoms with Gasteiger partial charge in [0.15, 0.2) is 0 Å². The summed E-state index contributed by atoms with van der Waals surface area (Å²) in [6.45, 7) is 5.50. The third-order valence-electron chi connectivity index (χ3n) is 2.97. The van der Waals surface area contributed by atoms with Gasteiger partial charge in [-0.15, -0.1) is 0 Å². The summed E-state index contributed by atoms with van der Waals surface area (Å²) in [6.07, 6.45) is 4.35. The molecule has 1 heterocycles. The molecule has 1 aromatic rings. The summed E-state index contributed by atoms with van der Waals surface area (Å²) in [6, 6.07) is 4.82. The van der Waals surface area contributed by atoms with E-state index in [0.717, 1.165) is 12.4 Å². The average Bonchev–Trinajstić information content (AvgIpc) is 2.29. The van der Waals surface area contributed by atoms with Crippen LogP contribution in [0, 0.1) is 0 Å². The fourth-order valence-electron chi connectivity index (χ4n) is 1.79. The maximum Gasteiger partial charge on any atom is 0.125 e. The summed E-state index contributed by atoms with van der Waals surface area (Å²) in [5.74, 6) is 0.939. The van der Waals surface area contributed by atoms with Crippen LogP contribution in [0.15, 0.2) is 18.3 Å². The highest BCUT2D eigenvalue weighted by Crippen LogP contribution is 2.12. The summed E-state index contributed by atoms with van der Waals surface area (Å²) in [5, 5.41) is 3.07. The third kappa shape index (κ3) is 3.81. The van der Waals surface area contributed by atoms with Crippen LogP contribution in [0.4, 0.5) is 5.82 Å². The maximum atomic E-state index is 4.22. The Morgan fingerprint density at radius 1 is 1.50 bits per heavy atom. The van der Waals surface area contributed by atoms with Crippen molar-refractivity contribution in [1.82, 2.24) is 9.88 Å². The minimum Gasteiger partial charge on any atom is -0.373 e. The number of anilines is 1. The first-order valence-corrected chi connectivity index (χ1v) is 6.00. The fourth-order valence-corrected chi connectivity index (χ4v) is 1.79. The summed E-state index contributed by atoms with van der Waals surface area (Å²) in [5.41, 5.74) is 1.31. The zero-order chi connectivity index (χ0) is 12.0. The van der Waals surface area contributed by atoms with Crippen molar-refractivity contribution < 1.29 is 0 Å². The minimum absolute atomic E-state index is 0.635. The van der Waals surface area contributed by atoms with Gasteiger partial charge in [-0.25, -0.2) is 4.98 Å². The predicted octanol–water partition coefficient (Wildman–Crippen LogP) is 2.74. The number of hydrogen-bond donors (Lipinski definition) is 1. The first-order valence-electron chi connectivity index (χ1n) is 6.00. The van der Waals surface area contributed by atoms with Gasteiger partial charge in [0.2, 0.25) is 0 Å². The molecule has 1 N–H and O–H groups in total. The SMILES string of the molecule is CCCC(C)N(C)Cc1ccnc(NC)c1. The molecule has 0 aliphatic carbocycles. The van der Waals surface area contributed by atoms with E-state index in [4.69, 9.17) is 0 Å². The van der Waals surface area contributed by atoms with E-state index in [-0.39, 0.29) is 0 Å². The molecule has 0 aliphatic rings. The minimum atomic E-state index is 0.635. The van der Waals surface area contributed by atoms with E-state index in [2.05, 4.69) is 48.2 Å². The van der Waals surface area contributed by atoms with Crippen LogP contribution >= 0.6 is 0 Å². The van der Waals surface area contributed by atoms with E-state index in [1.165, 1.54) is 18.4 Å². The van der Waals surface area contributed by atoms with Crippen molar-refractivity contribution in [2.24, 2.45) is 0 Å². The third-order valence-corrected chi connectivity index (χ3v) is 2.97. The van der Waals surface area contributed by atoms with Crippen LogP contribution in [0.25, 0.3) is 0 Å². The molecule has 0 amide bonds. The molecule has 1 unspecified atom stereocenters. The van der Waals surface area contributed by atoms with Crippen molar-refractivity contribution in [2.75, 3.05) is 19.4 Å². The number of rotatable bonds is 6. The molecular formula is C13H23N3. The Hall–Kier alpha value is -1.09. The van der Waals surface area contributed by atoms with Crippen LogP contribution < -0.4 is 5.32 Å². The molecule has 0 bridgehead atoms. The second-order valence-corrected chi connectivity index (χ2v) is 4.35.